The van der Waals surface area contributed by atoms with Crippen LogP contribution in [0.4, 0.5) is 0 Å². The Labute approximate surface area is 232 Å². The van der Waals surface area contributed by atoms with E-state index >= 15 is 0 Å². The number of benzene rings is 5. The normalized spacial score (nSPS) is 15.5. The summed E-state index contributed by atoms with van der Waals surface area (Å²) in [6, 6.07) is 35.7. The summed E-state index contributed by atoms with van der Waals surface area (Å²) in [5, 5.41) is 3.62. The van der Waals surface area contributed by atoms with E-state index in [1.165, 1.54) is 33.0 Å². The van der Waals surface area contributed by atoms with Crippen molar-refractivity contribution in [3.8, 4) is 5.69 Å². The molecule has 0 fully saturated rings. The van der Waals surface area contributed by atoms with E-state index in [2.05, 4.69) is 123 Å². The molecule has 0 atom stereocenters. The Bertz CT molecular complexity index is 2190. The third-order valence-corrected chi connectivity index (χ3v) is 9.25. The number of fused-ring (bicyclic) bond motifs is 7. The molecule has 1 aliphatic carbocycles. The Morgan fingerprint density at radius 2 is 1.05 bits per heavy atom. The van der Waals surface area contributed by atoms with Crippen LogP contribution in [-0.2, 0) is 10.8 Å². The first-order chi connectivity index (χ1) is 19.3. The first kappa shape index (κ1) is 23.3. The maximum Gasteiger partial charge on any atom is 0.200 e. The van der Waals surface area contributed by atoms with Gasteiger partial charge in [0, 0.05) is 27.3 Å². The van der Waals surface area contributed by atoms with E-state index < -0.39 is 0 Å². The summed E-state index contributed by atoms with van der Waals surface area (Å²) in [6.45, 7) is 9.05. The molecule has 8 rings (SSSR count). The number of rotatable bonds is 1. The molecule has 3 heteroatoms. The van der Waals surface area contributed by atoms with Gasteiger partial charge in [0.05, 0.1) is 21.8 Å². The molecule has 0 saturated heterocycles. The van der Waals surface area contributed by atoms with Crippen LogP contribution >= 0.6 is 0 Å². The second kappa shape index (κ2) is 7.73. The molecule has 0 radical (unpaired) electrons. The summed E-state index contributed by atoms with van der Waals surface area (Å²) in [4.78, 5) is 14.2. The van der Waals surface area contributed by atoms with Gasteiger partial charge < -0.3 is 8.98 Å². The Hall–Kier alpha value is -4.63. The monoisotopic (exact) mass is 519 g/mol. The summed E-state index contributed by atoms with van der Waals surface area (Å²) < 4.78 is 8.72. The van der Waals surface area contributed by atoms with Gasteiger partial charge in [0.25, 0.3) is 0 Å². The van der Waals surface area contributed by atoms with Gasteiger partial charge in [-0.25, -0.2) is 0 Å². The average molecular weight is 520 g/mol. The highest BCUT2D eigenvalue weighted by Gasteiger charge is 2.41. The molecule has 5 aromatic carbocycles. The fourth-order valence-corrected chi connectivity index (χ4v) is 7.13. The molecular formula is C37H29NO2. The highest BCUT2D eigenvalue weighted by Crippen LogP contribution is 2.50. The molecule has 0 N–H and O–H groups in total. The predicted octanol–water partition coefficient (Wildman–Crippen LogP) is 9.01. The van der Waals surface area contributed by atoms with E-state index in [0.717, 1.165) is 16.7 Å². The van der Waals surface area contributed by atoms with Crippen molar-refractivity contribution >= 4 is 43.7 Å². The highest BCUT2D eigenvalue weighted by atomic mass is 16.3. The average Bonchev–Trinajstić information content (AvgIpc) is 3.30. The fraction of sp³-hybridized carbons (Fsp3) is 0.162. The van der Waals surface area contributed by atoms with E-state index in [4.69, 9.17) is 4.42 Å². The van der Waals surface area contributed by atoms with Crippen LogP contribution < -0.4 is 5.43 Å². The van der Waals surface area contributed by atoms with Crippen molar-refractivity contribution in [2.24, 2.45) is 0 Å². The summed E-state index contributed by atoms with van der Waals surface area (Å²) in [5.41, 5.74) is 9.04. The van der Waals surface area contributed by atoms with Crippen LogP contribution in [-0.4, -0.2) is 4.57 Å². The maximum atomic E-state index is 14.2. The Morgan fingerprint density at radius 3 is 1.68 bits per heavy atom. The van der Waals surface area contributed by atoms with Gasteiger partial charge in [-0.3, -0.25) is 4.79 Å². The summed E-state index contributed by atoms with van der Waals surface area (Å²) in [6.07, 6.45) is 0. The molecule has 3 nitrogen and oxygen atoms in total. The molecule has 0 bridgehead atoms. The molecule has 7 aromatic rings. The quantitative estimate of drug-likeness (QED) is 0.203. The molecule has 0 amide bonds. The van der Waals surface area contributed by atoms with E-state index in [9.17, 15) is 4.79 Å². The summed E-state index contributed by atoms with van der Waals surface area (Å²) in [5.74, 6) is 0. The molecule has 0 aliphatic heterocycles. The molecule has 40 heavy (non-hydrogen) atoms. The third-order valence-electron chi connectivity index (χ3n) is 9.25. The molecule has 2 heterocycles. The van der Waals surface area contributed by atoms with Gasteiger partial charge in [-0.1, -0.05) is 88.4 Å². The topological polar surface area (TPSA) is 35.1 Å². The van der Waals surface area contributed by atoms with Crippen LogP contribution in [0, 0.1) is 0 Å². The van der Waals surface area contributed by atoms with E-state index in [-0.39, 0.29) is 16.3 Å². The van der Waals surface area contributed by atoms with Crippen LogP contribution in [0.3, 0.4) is 0 Å². The lowest BCUT2D eigenvalue weighted by Crippen LogP contribution is -2.36. The molecule has 0 saturated carbocycles. The van der Waals surface area contributed by atoms with Crippen LogP contribution in [0.1, 0.15) is 49.9 Å². The van der Waals surface area contributed by atoms with Crippen molar-refractivity contribution in [3.63, 3.8) is 0 Å². The zero-order chi connectivity index (χ0) is 27.4. The number of aromatic nitrogens is 1. The van der Waals surface area contributed by atoms with Crippen molar-refractivity contribution in [1.29, 1.82) is 0 Å². The van der Waals surface area contributed by atoms with Crippen LogP contribution in [0.25, 0.3) is 49.4 Å². The third kappa shape index (κ3) is 2.92. The van der Waals surface area contributed by atoms with Crippen LogP contribution in [0.15, 0.2) is 112 Å². The SMILES string of the molecule is CC1(C)c2ccccc2C(C)(C)c2cc3c(=O)c4cc(-n5c6ccccc6c6ccccc65)ccc4oc3cc21. The second-order valence-electron chi connectivity index (χ2n) is 12.2. The Kier molecular flexibility index (Phi) is 4.50. The van der Waals surface area contributed by atoms with Gasteiger partial charge in [0.1, 0.15) is 11.2 Å². The maximum absolute atomic E-state index is 14.2. The van der Waals surface area contributed by atoms with E-state index in [0.29, 0.717) is 21.9 Å². The molecule has 194 valence electrons. The number of para-hydroxylation sites is 2. The smallest absolute Gasteiger partial charge is 0.200 e. The minimum absolute atomic E-state index is 0.00846. The lowest BCUT2D eigenvalue weighted by atomic mass is 9.60. The van der Waals surface area contributed by atoms with E-state index in [1.54, 1.807) is 0 Å². The number of hydrogen-bond acceptors (Lipinski definition) is 2. The fourth-order valence-electron chi connectivity index (χ4n) is 7.13. The van der Waals surface area contributed by atoms with Gasteiger partial charge in [-0.05, 0) is 64.7 Å². The van der Waals surface area contributed by atoms with Crippen molar-refractivity contribution in [3.05, 3.63) is 136 Å². The predicted molar refractivity (Wildman–Crippen MR) is 165 cm³/mol. The summed E-state index contributed by atoms with van der Waals surface area (Å²) >= 11 is 0. The lowest BCUT2D eigenvalue weighted by Gasteiger charge is -2.43. The van der Waals surface area contributed by atoms with Gasteiger partial charge in [0.2, 0.25) is 5.43 Å². The largest absolute Gasteiger partial charge is 0.456 e. The molecule has 0 unspecified atom stereocenters. The lowest BCUT2D eigenvalue weighted by molar-refractivity contribution is 0.520. The van der Waals surface area contributed by atoms with Crippen molar-refractivity contribution in [2.75, 3.05) is 0 Å². The summed E-state index contributed by atoms with van der Waals surface area (Å²) in [7, 11) is 0. The van der Waals surface area contributed by atoms with Crippen LogP contribution in [0.2, 0.25) is 0 Å². The van der Waals surface area contributed by atoms with Gasteiger partial charge >= 0.3 is 0 Å². The van der Waals surface area contributed by atoms with Gasteiger partial charge in [0.15, 0.2) is 0 Å². The minimum atomic E-state index is -0.234. The van der Waals surface area contributed by atoms with Crippen molar-refractivity contribution < 1.29 is 4.42 Å². The van der Waals surface area contributed by atoms with Crippen molar-refractivity contribution in [2.45, 2.75) is 38.5 Å². The molecular weight excluding hydrogens is 490 g/mol. The first-order valence-electron chi connectivity index (χ1n) is 13.9. The Morgan fingerprint density at radius 1 is 0.525 bits per heavy atom. The molecule has 2 aromatic heterocycles. The minimum Gasteiger partial charge on any atom is -0.456 e. The highest BCUT2D eigenvalue weighted by molar-refractivity contribution is 6.09. The number of nitrogens with zero attached hydrogens (tertiary/aromatic N) is 1. The molecule has 0 spiro atoms. The van der Waals surface area contributed by atoms with Gasteiger partial charge in [-0.2, -0.15) is 0 Å². The Balaban J connectivity index is 1.41. The van der Waals surface area contributed by atoms with Crippen molar-refractivity contribution in [1.82, 2.24) is 4.57 Å². The zero-order valence-corrected chi connectivity index (χ0v) is 23.1. The first-order valence-corrected chi connectivity index (χ1v) is 13.9. The van der Waals surface area contributed by atoms with E-state index in [1.807, 2.05) is 12.1 Å². The standard InChI is InChI=1S/C37H29NO2/c1-36(2)27-13-7-8-14-28(27)37(3,4)30-21-34-26(20-29(30)36)35(39)25-19-22(17-18-33(25)40-34)38-31-15-9-5-11-23(31)24-12-6-10-16-32(24)38/h5-21H,1-4H3. The zero-order valence-electron chi connectivity index (χ0n) is 23.1. The number of hydrogen-bond donors (Lipinski definition) is 0. The molecule has 1 aliphatic rings. The second-order valence-corrected chi connectivity index (χ2v) is 12.2. The van der Waals surface area contributed by atoms with Gasteiger partial charge in [-0.15, -0.1) is 0 Å². The van der Waals surface area contributed by atoms with Crippen LogP contribution in [0.5, 0.6) is 0 Å².